The second-order valence-corrected chi connectivity index (χ2v) is 6.36. The second-order valence-electron chi connectivity index (χ2n) is 5.53. The van der Waals surface area contributed by atoms with Crippen molar-refractivity contribution in [1.82, 2.24) is 9.38 Å². The number of imidazole rings is 1. The molecule has 0 aliphatic rings. The summed E-state index contributed by atoms with van der Waals surface area (Å²) < 4.78 is 7.76. The summed E-state index contributed by atoms with van der Waals surface area (Å²) in [5, 5.41) is 2.15. The molecular weight excluding hydrogens is 306 g/mol. The molecule has 0 aliphatic carbocycles. The number of rotatable bonds is 4. The van der Waals surface area contributed by atoms with Crippen LogP contribution in [0.4, 0.5) is 0 Å². The quantitative estimate of drug-likeness (QED) is 0.614. The maximum atomic E-state index is 5.84. The molecule has 3 aromatic heterocycles. The lowest BCUT2D eigenvalue weighted by Gasteiger charge is -2.06. The molecule has 0 fully saturated rings. The first-order valence-electron chi connectivity index (χ1n) is 7.57. The molecule has 116 valence electrons. The SMILES string of the molecule is Cc1ccc(-c2csc3nc(-c4ccco4)c(CCN)n23)cc1. The molecule has 0 bridgehead atoms. The van der Waals surface area contributed by atoms with Crippen molar-refractivity contribution in [3.05, 3.63) is 59.3 Å². The zero-order valence-electron chi connectivity index (χ0n) is 12.8. The summed E-state index contributed by atoms with van der Waals surface area (Å²) in [7, 11) is 0. The van der Waals surface area contributed by atoms with Gasteiger partial charge >= 0.3 is 0 Å². The summed E-state index contributed by atoms with van der Waals surface area (Å²) >= 11 is 1.64. The topological polar surface area (TPSA) is 56.5 Å². The number of aryl methyl sites for hydroxylation is 1. The number of thiazole rings is 1. The molecule has 0 saturated carbocycles. The van der Waals surface area contributed by atoms with Crippen molar-refractivity contribution < 1.29 is 4.42 Å². The van der Waals surface area contributed by atoms with Gasteiger partial charge in [0, 0.05) is 11.8 Å². The third-order valence-electron chi connectivity index (χ3n) is 3.94. The summed E-state index contributed by atoms with van der Waals surface area (Å²) in [5.41, 5.74) is 11.4. The van der Waals surface area contributed by atoms with E-state index in [0.29, 0.717) is 6.54 Å². The van der Waals surface area contributed by atoms with Crippen molar-refractivity contribution >= 4 is 16.3 Å². The lowest BCUT2D eigenvalue weighted by molar-refractivity contribution is 0.579. The largest absolute Gasteiger partial charge is 0.463 e. The number of furan rings is 1. The fourth-order valence-corrected chi connectivity index (χ4v) is 3.74. The van der Waals surface area contributed by atoms with E-state index >= 15 is 0 Å². The van der Waals surface area contributed by atoms with Crippen LogP contribution in [0.1, 0.15) is 11.3 Å². The highest BCUT2D eigenvalue weighted by Crippen LogP contribution is 2.33. The Bertz CT molecular complexity index is 933. The fraction of sp³-hybridized carbons (Fsp3) is 0.167. The van der Waals surface area contributed by atoms with Crippen LogP contribution in [0.25, 0.3) is 27.7 Å². The second kappa shape index (κ2) is 5.68. The van der Waals surface area contributed by atoms with Crippen LogP contribution in [0.2, 0.25) is 0 Å². The van der Waals surface area contributed by atoms with Crippen molar-refractivity contribution in [1.29, 1.82) is 0 Å². The van der Waals surface area contributed by atoms with Crippen LogP contribution in [-0.2, 0) is 6.42 Å². The van der Waals surface area contributed by atoms with Gasteiger partial charge in [-0.25, -0.2) is 4.98 Å². The fourth-order valence-electron chi connectivity index (χ4n) is 2.82. The normalized spacial score (nSPS) is 11.4. The van der Waals surface area contributed by atoms with E-state index in [1.807, 2.05) is 12.1 Å². The first-order valence-corrected chi connectivity index (χ1v) is 8.45. The van der Waals surface area contributed by atoms with Crippen LogP contribution in [0.3, 0.4) is 0 Å². The van der Waals surface area contributed by atoms with Gasteiger partial charge in [0.2, 0.25) is 0 Å². The standard InChI is InChI=1S/C18H17N3OS/c1-12-4-6-13(7-5-12)15-11-23-18-20-17(16-3-2-10-22-16)14(8-9-19)21(15)18/h2-7,10-11H,8-9,19H2,1H3. The number of nitrogens with two attached hydrogens (primary N) is 1. The number of hydrogen-bond acceptors (Lipinski definition) is 4. The zero-order valence-corrected chi connectivity index (χ0v) is 13.6. The Kier molecular flexibility index (Phi) is 3.52. The summed E-state index contributed by atoms with van der Waals surface area (Å²) in [6.45, 7) is 2.67. The Labute approximate surface area is 138 Å². The minimum Gasteiger partial charge on any atom is -0.463 e. The van der Waals surface area contributed by atoms with Crippen molar-refractivity contribution in [3.63, 3.8) is 0 Å². The van der Waals surface area contributed by atoms with Gasteiger partial charge in [0.15, 0.2) is 10.7 Å². The monoisotopic (exact) mass is 323 g/mol. The van der Waals surface area contributed by atoms with Crippen molar-refractivity contribution in [3.8, 4) is 22.7 Å². The first-order chi connectivity index (χ1) is 11.3. The van der Waals surface area contributed by atoms with E-state index < -0.39 is 0 Å². The molecule has 0 spiro atoms. The van der Waals surface area contributed by atoms with Crippen molar-refractivity contribution in [2.45, 2.75) is 13.3 Å². The maximum Gasteiger partial charge on any atom is 0.195 e. The highest BCUT2D eigenvalue weighted by Gasteiger charge is 2.19. The average Bonchev–Trinajstić information content (AvgIpc) is 3.25. The van der Waals surface area contributed by atoms with Gasteiger partial charge in [-0.05, 0) is 31.2 Å². The molecular formula is C18H17N3OS. The smallest absolute Gasteiger partial charge is 0.195 e. The number of nitrogens with zero attached hydrogens (tertiary/aromatic N) is 2. The van der Waals surface area contributed by atoms with Gasteiger partial charge in [-0.2, -0.15) is 0 Å². The third-order valence-corrected chi connectivity index (χ3v) is 4.77. The third kappa shape index (κ3) is 2.38. The van der Waals surface area contributed by atoms with Crippen LogP contribution in [0, 0.1) is 6.92 Å². The zero-order chi connectivity index (χ0) is 15.8. The van der Waals surface area contributed by atoms with Crippen molar-refractivity contribution in [2.75, 3.05) is 6.54 Å². The lowest BCUT2D eigenvalue weighted by Crippen LogP contribution is -2.06. The van der Waals surface area contributed by atoms with Gasteiger partial charge < -0.3 is 10.2 Å². The number of hydrogen-bond donors (Lipinski definition) is 1. The summed E-state index contributed by atoms with van der Waals surface area (Å²) in [5.74, 6) is 0.791. The predicted molar refractivity (Wildman–Crippen MR) is 93.7 cm³/mol. The molecule has 4 nitrogen and oxygen atoms in total. The van der Waals surface area contributed by atoms with Gasteiger partial charge in [0.25, 0.3) is 0 Å². The molecule has 0 unspecified atom stereocenters. The molecule has 0 radical (unpaired) electrons. The molecule has 0 atom stereocenters. The molecule has 2 N–H and O–H groups in total. The van der Waals surface area contributed by atoms with E-state index in [1.165, 1.54) is 11.1 Å². The van der Waals surface area contributed by atoms with Gasteiger partial charge in [-0.15, -0.1) is 11.3 Å². The number of aromatic nitrogens is 2. The van der Waals surface area contributed by atoms with E-state index in [0.717, 1.165) is 34.2 Å². The van der Waals surface area contributed by atoms with E-state index in [1.54, 1.807) is 17.6 Å². The van der Waals surface area contributed by atoms with Crippen LogP contribution < -0.4 is 5.73 Å². The molecule has 1 aromatic carbocycles. The molecule has 23 heavy (non-hydrogen) atoms. The molecule has 3 heterocycles. The van der Waals surface area contributed by atoms with Crippen LogP contribution >= 0.6 is 11.3 Å². The Balaban J connectivity index is 1.95. The van der Waals surface area contributed by atoms with Crippen LogP contribution in [0.15, 0.2) is 52.5 Å². The Morgan fingerprint density at radius 2 is 2.04 bits per heavy atom. The molecule has 0 aliphatic heterocycles. The van der Waals surface area contributed by atoms with E-state index in [-0.39, 0.29) is 0 Å². The summed E-state index contributed by atoms with van der Waals surface area (Å²) in [6.07, 6.45) is 2.43. The van der Waals surface area contributed by atoms with Gasteiger partial charge in [0.05, 0.1) is 17.7 Å². The van der Waals surface area contributed by atoms with Gasteiger partial charge in [-0.1, -0.05) is 29.8 Å². The summed E-state index contributed by atoms with van der Waals surface area (Å²) in [4.78, 5) is 5.74. The van der Waals surface area contributed by atoms with Crippen LogP contribution in [-0.4, -0.2) is 15.9 Å². The minimum absolute atomic E-state index is 0.574. The molecule has 4 aromatic rings. The van der Waals surface area contributed by atoms with E-state index in [4.69, 9.17) is 15.1 Å². The van der Waals surface area contributed by atoms with Gasteiger partial charge in [0.1, 0.15) is 5.69 Å². The van der Waals surface area contributed by atoms with E-state index in [9.17, 15) is 0 Å². The Morgan fingerprint density at radius 1 is 1.22 bits per heavy atom. The number of benzene rings is 1. The van der Waals surface area contributed by atoms with E-state index in [2.05, 4.69) is 41.0 Å². The Morgan fingerprint density at radius 3 is 2.74 bits per heavy atom. The highest BCUT2D eigenvalue weighted by molar-refractivity contribution is 7.15. The maximum absolute atomic E-state index is 5.84. The Hall–Kier alpha value is -2.37. The predicted octanol–water partition coefficient (Wildman–Crippen LogP) is 4.13. The molecule has 0 saturated heterocycles. The average molecular weight is 323 g/mol. The minimum atomic E-state index is 0.574. The lowest BCUT2D eigenvalue weighted by atomic mass is 10.1. The van der Waals surface area contributed by atoms with Crippen LogP contribution in [0.5, 0.6) is 0 Å². The summed E-state index contributed by atoms with van der Waals surface area (Å²) in [6, 6.07) is 12.4. The first kappa shape index (κ1) is 14.2. The van der Waals surface area contributed by atoms with Gasteiger partial charge in [-0.3, -0.25) is 4.40 Å². The molecule has 5 heteroatoms. The molecule has 0 amide bonds. The van der Waals surface area contributed by atoms with Crippen molar-refractivity contribution in [2.24, 2.45) is 5.73 Å². The molecule has 4 rings (SSSR count). The highest BCUT2D eigenvalue weighted by atomic mass is 32.1. The number of fused-ring (bicyclic) bond motifs is 1.